The molecule has 3 amide bonds. The van der Waals surface area contributed by atoms with E-state index in [1.807, 2.05) is 0 Å². The van der Waals surface area contributed by atoms with Crippen LogP contribution in [-0.4, -0.2) is 48.6 Å². The van der Waals surface area contributed by atoms with Gasteiger partial charge in [0.1, 0.15) is 11.8 Å². The number of carbonyl (C=O) groups excluding carboxylic acids is 3. The van der Waals surface area contributed by atoms with Gasteiger partial charge in [0.15, 0.2) is 0 Å². The van der Waals surface area contributed by atoms with Crippen LogP contribution in [0, 0.1) is 0 Å². The lowest BCUT2D eigenvalue weighted by atomic mass is 10.2. The quantitative estimate of drug-likeness (QED) is 0.464. The Morgan fingerprint density at radius 3 is 2.39 bits per heavy atom. The van der Waals surface area contributed by atoms with Gasteiger partial charge in [0.25, 0.3) is 5.91 Å². The molecule has 1 fully saturated rings. The van der Waals surface area contributed by atoms with Gasteiger partial charge in [0.2, 0.25) is 21.8 Å². The van der Waals surface area contributed by atoms with Gasteiger partial charge in [0.05, 0.1) is 24.1 Å². The van der Waals surface area contributed by atoms with Crippen LogP contribution in [-0.2, 0) is 31.0 Å². The highest BCUT2D eigenvalue weighted by Gasteiger charge is 2.47. The van der Waals surface area contributed by atoms with Crippen LogP contribution in [0.15, 0.2) is 78.0 Å². The minimum absolute atomic E-state index is 0.0800. The molecule has 1 aliphatic heterocycles. The summed E-state index contributed by atoms with van der Waals surface area (Å²) in [6.07, 6.45) is 2.75. The number of hydrogen-bond donors (Lipinski definition) is 1. The van der Waals surface area contributed by atoms with E-state index in [1.54, 1.807) is 42.6 Å². The highest BCUT2D eigenvalue weighted by molar-refractivity contribution is 7.89. The van der Waals surface area contributed by atoms with Crippen LogP contribution in [0.2, 0.25) is 0 Å². The molecule has 2 heterocycles. The summed E-state index contributed by atoms with van der Waals surface area (Å²) in [5, 5.41) is 2.58. The molecule has 0 bridgehead atoms. The maximum Gasteiger partial charge on any atom is 0.252 e. The zero-order chi connectivity index (χ0) is 25.9. The van der Waals surface area contributed by atoms with Crippen molar-refractivity contribution in [2.24, 2.45) is 0 Å². The van der Waals surface area contributed by atoms with Gasteiger partial charge in [-0.25, -0.2) is 13.3 Å². The first-order valence-electron chi connectivity index (χ1n) is 11.0. The van der Waals surface area contributed by atoms with Gasteiger partial charge in [-0.15, -0.1) is 0 Å². The Bertz CT molecular complexity index is 1380. The van der Waals surface area contributed by atoms with Gasteiger partial charge in [-0.05, 0) is 60.2 Å². The first-order chi connectivity index (χ1) is 17.2. The monoisotopic (exact) mass is 508 g/mol. The van der Waals surface area contributed by atoms with E-state index >= 15 is 0 Å². The summed E-state index contributed by atoms with van der Waals surface area (Å²) in [5.74, 6) is -0.898. The molecule has 0 aliphatic carbocycles. The molecule has 4 rings (SSSR count). The highest BCUT2D eigenvalue weighted by atomic mass is 32.2. The van der Waals surface area contributed by atoms with Crippen LogP contribution in [0.4, 0.5) is 11.4 Å². The van der Waals surface area contributed by atoms with Crippen molar-refractivity contribution in [2.45, 2.75) is 30.8 Å². The van der Waals surface area contributed by atoms with Crippen LogP contribution in [0.5, 0.6) is 5.75 Å². The number of amides is 3. The van der Waals surface area contributed by atoms with Crippen molar-refractivity contribution >= 4 is 39.1 Å². The molecule has 186 valence electrons. The number of aromatic nitrogens is 1. The number of hydrogen-bond acceptors (Lipinski definition) is 7. The Kier molecular flexibility index (Phi) is 7.13. The zero-order valence-corrected chi connectivity index (χ0v) is 20.4. The van der Waals surface area contributed by atoms with E-state index in [-0.39, 0.29) is 23.8 Å². The predicted molar refractivity (Wildman–Crippen MR) is 132 cm³/mol. The van der Waals surface area contributed by atoms with Crippen molar-refractivity contribution < 1.29 is 27.5 Å². The van der Waals surface area contributed by atoms with E-state index in [0.29, 0.717) is 22.7 Å². The molecule has 1 aliphatic rings. The number of nitrogens with zero attached hydrogens (tertiary/aromatic N) is 3. The fourth-order valence-corrected chi connectivity index (χ4v) is 5.50. The number of methoxy groups -OCH3 is 1. The molecule has 36 heavy (non-hydrogen) atoms. The number of imide groups is 1. The van der Waals surface area contributed by atoms with Gasteiger partial charge < -0.3 is 10.1 Å². The number of rotatable bonds is 8. The normalized spacial score (nSPS) is 15.9. The molecular weight excluding hydrogens is 484 g/mol. The van der Waals surface area contributed by atoms with Gasteiger partial charge in [-0.3, -0.25) is 19.4 Å². The molecule has 0 spiro atoms. The van der Waals surface area contributed by atoms with Gasteiger partial charge in [-0.2, -0.15) is 4.31 Å². The SMILES string of the molecule is COc1ccc(N2C(=O)CC(N(Cc3cccnc3)S(=O)(=O)c3ccc(NC(C)=O)cc3)C2=O)cc1. The van der Waals surface area contributed by atoms with E-state index in [9.17, 15) is 22.8 Å². The summed E-state index contributed by atoms with van der Waals surface area (Å²) >= 11 is 0. The van der Waals surface area contributed by atoms with E-state index in [4.69, 9.17) is 4.74 Å². The van der Waals surface area contributed by atoms with Gasteiger partial charge >= 0.3 is 0 Å². The predicted octanol–water partition coefficient (Wildman–Crippen LogP) is 2.57. The highest BCUT2D eigenvalue weighted by Crippen LogP contribution is 2.31. The van der Waals surface area contributed by atoms with Crippen molar-refractivity contribution in [3.05, 3.63) is 78.6 Å². The summed E-state index contributed by atoms with van der Waals surface area (Å²) in [6, 6.07) is 14.1. The Hall–Kier alpha value is -4.09. The second-order valence-electron chi connectivity index (χ2n) is 8.10. The van der Waals surface area contributed by atoms with Crippen LogP contribution in [0.3, 0.4) is 0 Å². The molecule has 1 N–H and O–H groups in total. The third-order valence-corrected chi connectivity index (χ3v) is 7.51. The number of sulfonamides is 1. The van der Waals surface area contributed by atoms with Crippen LogP contribution < -0.4 is 15.0 Å². The summed E-state index contributed by atoms with van der Waals surface area (Å²) in [4.78, 5) is 42.6. The molecule has 11 heteroatoms. The molecule has 10 nitrogen and oxygen atoms in total. The van der Waals surface area contributed by atoms with Gasteiger partial charge in [0, 0.05) is 31.5 Å². The average Bonchev–Trinajstić information content (AvgIpc) is 3.16. The molecule has 1 atom stereocenters. The fraction of sp³-hybridized carbons (Fsp3) is 0.200. The molecule has 0 radical (unpaired) electrons. The molecule has 1 unspecified atom stereocenters. The number of benzene rings is 2. The number of pyridine rings is 1. The van der Waals surface area contributed by atoms with E-state index < -0.39 is 27.9 Å². The minimum atomic E-state index is -4.23. The van der Waals surface area contributed by atoms with Crippen LogP contribution in [0.25, 0.3) is 0 Å². The number of nitrogens with one attached hydrogen (secondary N) is 1. The summed E-state index contributed by atoms with van der Waals surface area (Å²) < 4.78 is 33.7. The van der Waals surface area contributed by atoms with E-state index in [2.05, 4.69) is 10.3 Å². The largest absolute Gasteiger partial charge is 0.497 e. The maximum atomic E-state index is 13.8. The van der Waals surface area contributed by atoms with Crippen molar-refractivity contribution in [3.63, 3.8) is 0 Å². The first-order valence-corrected chi connectivity index (χ1v) is 12.4. The summed E-state index contributed by atoms with van der Waals surface area (Å²) in [7, 11) is -2.73. The lowest BCUT2D eigenvalue weighted by molar-refractivity contribution is -0.122. The van der Waals surface area contributed by atoms with Crippen molar-refractivity contribution in [1.82, 2.24) is 9.29 Å². The lowest BCUT2D eigenvalue weighted by Gasteiger charge is -2.27. The van der Waals surface area contributed by atoms with Crippen molar-refractivity contribution in [1.29, 1.82) is 0 Å². The third-order valence-electron chi connectivity index (χ3n) is 5.64. The minimum Gasteiger partial charge on any atom is -0.497 e. The molecule has 2 aromatic carbocycles. The van der Waals surface area contributed by atoms with Crippen molar-refractivity contribution in [2.75, 3.05) is 17.3 Å². The smallest absolute Gasteiger partial charge is 0.252 e. The zero-order valence-electron chi connectivity index (χ0n) is 19.6. The van der Waals surface area contributed by atoms with Crippen LogP contribution in [0.1, 0.15) is 18.9 Å². The number of ether oxygens (including phenoxy) is 1. The molecular formula is C25H24N4O6S. The Balaban J connectivity index is 1.70. The second-order valence-corrected chi connectivity index (χ2v) is 9.99. The molecule has 1 aromatic heterocycles. The maximum absolute atomic E-state index is 13.8. The second kappa shape index (κ2) is 10.3. The average molecular weight is 509 g/mol. The molecule has 3 aromatic rings. The first kappa shape index (κ1) is 25.0. The van der Waals surface area contributed by atoms with Crippen LogP contribution >= 0.6 is 0 Å². The van der Waals surface area contributed by atoms with Gasteiger partial charge in [-0.1, -0.05) is 6.07 Å². The van der Waals surface area contributed by atoms with E-state index in [1.165, 1.54) is 44.5 Å². The molecule has 0 saturated carbocycles. The Morgan fingerprint density at radius 2 is 1.81 bits per heavy atom. The fourth-order valence-electron chi connectivity index (χ4n) is 3.93. The summed E-state index contributed by atoms with van der Waals surface area (Å²) in [6.45, 7) is 1.18. The van der Waals surface area contributed by atoms with E-state index in [0.717, 1.165) is 9.21 Å². The standard InChI is InChI=1S/C25H24N4O6S/c1-17(30)27-19-5-11-22(12-6-19)36(33,34)28(16-18-4-3-13-26-15-18)23-14-24(31)29(25(23)32)20-7-9-21(35-2)10-8-20/h3-13,15,23H,14,16H2,1-2H3,(H,27,30). The Labute approximate surface area is 208 Å². The molecule has 1 saturated heterocycles. The number of anilines is 2. The topological polar surface area (TPSA) is 126 Å². The third kappa shape index (κ3) is 5.11. The number of carbonyl (C=O) groups is 3. The van der Waals surface area contributed by atoms with Crippen molar-refractivity contribution in [3.8, 4) is 5.75 Å². The summed E-state index contributed by atoms with van der Waals surface area (Å²) in [5.41, 5.74) is 1.31. The lowest BCUT2D eigenvalue weighted by Crippen LogP contribution is -2.45. The Morgan fingerprint density at radius 1 is 1.11 bits per heavy atom.